The van der Waals surface area contributed by atoms with Crippen LogP contribution in [0.1, 0.15) is 39.5 Å². The van der Waals surface area contributed by atoms with Gasteiger partial charge in [-0.2, -0.15) is 0 Å². The Hall–Kier alpha value is -0.990. The van der Waals surface area contributed by atoms with E-state index in [1.807, 2.05) is 0 Å². The van der Waals surface area contributed by atoms with E-state index in [4.69, 9.17) is 4.74 Å². The lowest BCUT2D eigenvalue weighted by atomic mass is 9.87. The minimum atomic E-state index is -0.0338. The summed E-state index contributed by atoms with van der Waals surface area (Å²) in [5.74, 6) is 1.35. The summed E-state index contributed by atoms with van der Waals surface area (Å²) >= 11 is 0. The molecule has 0 heterocycles. The van der Waals surface area contributed by atoms with Crippen molar-refractivity contribution >= 4 is 5.91 Å². The van der Waals surface area contributed by atoms with Crippen molar-refractivity contribution in [1.29, 1.82) is 0 Å². The number of rotatable bonds is 3. The summed E-state index contributed by atoms with van der Waals surface area (Å²) in [5.41, 5.74) is 0. The maximum atomic E-state index is 11.5. The molecule has 1 rings (SSSR count). The molecule has 3 nitrogen and oxygen atoms in total. The monoisotopic (exact) mass is 211 g/mol. The number of methoxy groups -OCH3 is 1. The molecule has 0 spiro atoms. The molecule has 0 bridgehead atoms. The average Bonchev–Trinajstić information content (AvgIpc) is 2.17. The molecular formula is C12H21NO2. The van der Waals surface area contributed by atoms with Gasteiger partial charge in [-0.05, 0) is 25.7 Å². The van der Waals surface area contributed by atoms with Gasteiger partial charge in [-0.1, -0.05) is 19.8 Å². The summed E-state index contributed by atoms with van der Waals surface area (Å²) in [4.78, 5) is 11.5. The van der Waals surface area contributed by atoms with Gasteiger partial charge in [-0.3, -0.25) is 4.79 Å². The lowest BCUT2D eigenvalue weighted by Crippen LogP contribution is -2.37. The quantitative estimate of drug-likeness (QED) is 0.574. The highest BCUT2D eigenvalue weighted by Gasteiger charge is 2.19. The number of hydrogen-bond donors (Lipinski definition) is 1. The van der Waals surface area contributed by atoms with Gasteiger partial charge in [0.1, 0.15) is 0 Å². The van der Waals surface area contributed by atoms with E-state index >= 15 is 0 Å². The fraction of sp³-hybridized carbons (Fsp3) is 0.750. The molecule has 15 heavy (non-hydrogen) atoms. The minimum absolute atomic E-state index is 0.0338. The fourth-order valence-corrected chi connectivity index (χ4v) is 2.05. The zero-order valence-corrected chi connectivity index (χ0v) is 9.88. The molecule has 0 aromatic carbocycles. The van der Waals surface area contributed by atoms with Crippen molar-refractivity contribution in [3.63, 3.8) is 0 Å². The van der Waals surface area contributed by atoms with Crippen LogP contribution in [0.15, 0.2) is 11.8 Å². The van der Waals surface area contributed by atoms with Crippen LogP contribution in [-0.2, 0) is 9.53 Å². The van der Waals surface area contributed by atoms with Gasteiger partial charge in [-0.25, -0.2) is 0 Å². The second kappa shape index (κ2) is 5.79. The van der Waals surface area contributed by atoms with Crippen molar-refractivity contribution < 1.29 is 9.53 Å². The summed E-state index contributed by atoms with van der Waals surface area (Å²) in [5, 5.41) is 3.02. The predicted octanol–water partition coefficient (Wildman–Crippen LogP) is 2.23. The van der Waals surface area contributed by atoms with Crippen molar-refractivity contribution in [2.24, 2.45) is 5.92 Å². The van der Waals surface area contributed by atoms with Crippen molar-refractivity contribution in [1.82, 2.24) is 5.32 Å². The molecule has 0 aromatic heterocycles. The summed E-state index contributed by atoms with van der Waals surface area (Å²) < 4.78 is 4.93. The number of hydrogen-bond acceptors (Lipinski definition) is 2. The average molecular weight is 211 g/mol. The molecule has 1 N–H and O–H groups in total. The highest BCUT2D eigenvalue weighted by atomic mass is 16.5. The van der Waals surface area contributed by atoms with E-state index in [1.165, 1.54) is 18.9 Å². The van der Waals surface area contributed by atoms with Crippen LogP contribution in [0.4, 0.5) is 0 Å². The first-order valence-corrected chi connectivity index (χ1v) is 5.64. The number of carbonyl (C=O) groups excluding carboxylic acids is 1. The maximum absolute atomic E-state index is 11.5. The third-order valence-electron chi connectivity index (χ3n) is 2.94. The van der Waals surface area contributed by atoms with Crippen LogP contribution < -0.4 is 5.32 Å². The Labute approximate surface area is 91.9 Å². The summed E-state index contributed by atoms with van der Waals surface area (Å²) in [7, 11) is 1.57. The first-order chi connectivity index (χ1) is 7.11. The molecule has 0 radical (unpaired) electrons. The van der Waals surface area contributed by atoms with Gasteiger partial charge >= 0.3 is 0 Å². The fourth-order valence-electron chi connectivity index (χ4n) is 2.05. The second-order valence-electron chi connectivity index (χ2n) is 4.44. The number of carbonyl (C=O) groups is 1. The standard InChI is InChI=1S/C12H21NO2/c1-9-5-4-6-11(7-9)13-12(14)8-10(2)15-3/h8-9,11H,4-7H2,1-3H3,(H,13,14). The topological polar surface area (TPSA) is 38.3 Å². The van der Waals surface area contributed by atoms with E-state index in [0.717, 1.165) is 18.8 Å². The molecule has 1 saturated carbocycles. The van der Waals surface area contributed by atoms with E-state index in [-0.39, 0.29) is 5.91 Å². The number of ether oxygens (including phenoxy) is 1. The lowest BCUT2D eigenvalue weighted by molar-refractivity contribution is -0.117. The summed E-state index contributed by atoms with van der Waals surface area (Å²) in [6.07, 6.45) is 6.24. The van der Waals surface area contributed by atoms with Crippen molar-refractivity contribution in [3.8, 4) is 0 Å². The number of nitrogens with one attached hydrogen (secondary N) is 1. The van der Waals surface area contributed by atoms with Gasteiger partial charge in [0.25, 0.3) is 0 Å². The van der Waals surface area contributed by atoms with Gasteiger partial charge in [0.05, 0.1) is 12.9 Å². The van der Waals surface area contributed by atoms with Crippen LogP contribution in [0, 0.1) is 5.92 Å². The SMILES string of the molecule is COC(C)=CC(=O)NC1CCCC(C)C1. The number of allylic oxidation sites excluding steroid dienone is 1. The first kappa shape index (κ1) is 12.1. The van der Waals surface area contributed by atoms with E-state index in [0.29, 0.717) is 11.8 Å². The third kappa shape index (κ3) is 4.36. The van der Waals surface area contributed by atoms with Gasteiger partial charge in [0.15, 0.2) is 0 Å². The predicted molar refractivity (Wildman–Crippen MR) is 60.3 cm³/mol. The molecule has 0 aliphatic heterocycles. The van der Waals surface area contributed by atoms with Gasteiger partial charge in [0.2, 0.25) is 5.91 Å². The van der Waals surface area contributed by atoms with Crippen molar-refractivity contribution in [2.45, 2.75) is 45.6 Å². The van der Waals surface area contributed by atoms with E-state index in [1.54, 1.807) is 14.0 Å². The zero-order chi connectivity index (χ0) is 11.3. The molecule has 2 atom stereocenters. The Morgan fingerprint density at radius 3 is 2.80 bits per heavy atom. The Bertz CT molecular complexity index is 248. The van der Waals surface area contributed by atoms with E-state index in [9.17, 15) is 4.79 Å². The van der Waals surface area contributed by atoms with Crippen LogP contribution in [0.3, 0.4) is 0 Å². The molecule has 86 valence electrons. The first-order valence-electron chi connectivity index (χ1n) is 5.64. The molecule has 3 heteroatoms. The smallest absolute Gasteiger partial charge is 0.247 e. The van der Waals surface area contributed by atoms with Gasteiger partial charge in [-0.15, -0.1) is 0 Å². The largest absolute Gasteiger partial charge is 0.501 e. The lowest BCUT2D eigenvalue weighted by Gasteiger charge is -2.27. The normalized spacial score (nSPS) is 27.3. The van der Waals surface area contributed by atoms with Gasteiger partial charge in [0, 0.05) is 12.1 Å². The number of amides is 1. The molecule has 1 fully saturated rings. The Balaban J connectivity index is 2.37. The van der Waals surface area contributed by atoms with Crippen LogP contribution in [0.5, 0.6) is 0 Å². The van der Waals surface area contributed by atoms with E-state index < -0.39 is 0 Å². The molecule has 2 unspecified atom stereocenters. The Kier molecular flexibility index (Phi) is 4.66. The van der Waals surface area contributed by atoms with Crippen LogP contribution in [0.25, 0.3) is 0 Å². The Morgan fingerprint density at radius 2 is 2.20 bits per heavy atom. The summed E-state index contributed by atoms with van der Waals surface area (Å²) in [6.45, 7) is 4.03. The molecule has 1 aliphatic rings. The van der Waals surface area contributed by atoms with Crippen molar-refractivity contribution in [3.05, 3.63) is 11.8 Å². The minimum Gasteiger partial charge on any atom is -0.501 e. The Morgan fingerprint density at radius 1 is 1.47 bits per heavy atom. The molecular weight excluding hydrogens is 190 g/mol. The second-order valence-corrected chi connectivity index (χ2v) is 4.44. The highest BCUT2D eigenvalue weighted by molar-refractivity contribution is 5.88. The molecule has 0 saturated heterocycles. The highest BCUT2D eigenvalue weighted by Crippen LogP contribution is 2.23. The maximum Gasteiger partial charge on any atom is 0.247 e. The van der Waals surface area contributed by atoms with Crippen LogP contribution in [-0.4, -0.2) is 19.1 Å². The molecule has 1 aliphatic carbocycles. The van der Waals surface area contributed by atoms with E-state index in [2.05, 4.69) is 12.2 Å². The zero-order valence-electron chi connectivity index (χ0n) is 9.88. The third-order valence-corrected chi connectivity index (χ3v) is 2.94. The van der Waals surface area contributed by atoms with Crippen molar-refractivity contribution in [2.75, 3.05) is 7.11 Å². The van der Waals surface area contributed by atoms with Crippen LogP contribution >= 0.6 is 0 Å². The summed E-state index contributed by atoms with van der Waals surface area (Å²) in [6, 6.07) is 0.349. The van der Waals surface area contributed by atoms with Crippen LogP contribution in [0.2, 0.25) is 0 Å². The molecule has 0 aromatic rings. The van der Waals surface area contributed by atoms with Gasteiger partial charge < -0.3 is 10.1 Å². The molecule has 1 amide bonds.